The van der Waals surface area contributed by atoms with E-state index in [1.165, 1.54) is 19.3 Å². The van der Waals surface area contributed by atoms with Gasteiger partial charge in [-0.05, 0) is 18.3 Å². The molecule has 1 rings (SSSR count). The van der Waals surface area contributed by atoms with Crippen molar-refractivity contribution in [2.75, 3.05) is 6.61 Å². The summed E-state index contributed by atoms with van der Waals surface area (Å²) < 4.78 is 4.96. The molecule has 0 N–H and O–H groups in total. The number of carbonyl (C=O) groups excluding carboxylic acids is 1. The maximum atomic E-state index is 11.0. The van der Waals surface area contributed by atoms with Gasteiger partial charge in [0.2, 0.25) is 0 Å². The smallest absolute Gasteiger partial charge is 0.306 e. The Hall–Kier alpha value is -0.530. The molecule has 0 radical (unpaired) electrons. The van der Waals surface area contributed by atoms with Gasteiger partial charge in [0.1, 0.15) is 0 Å². The molecule has 0 aromatic heterocycles. The monoisotopic (exact) mass is 170 g/mol. The van der Waals surface area contributed by atoms with Gasteiger partial charge in [0.05, 0.1) is 6.61 Å². The summed E-state index contributed by atoms with van der Waals surface area (Å²) in [5.41, 5.74) is 0. The summed E-state index contributed by atoms with van der Waals surface area (Å²) >= 11 is 0. The minimum Gasteiger partial charge on any atom is -0.465 e. The molecule has 0 spiro atoms. The molecule has 0 aromatic carbocycles. The van der Waals surface area contributed by atoms with E-state index in [-0.39, 0.29) is 5.97 Å². The van der Waals surface area contributed by atoms with Crippen molar-refractivity contribution in [2.24, 2.45) is 11.8 Å². The molecule has 12 heavy (non-hydrogen) atoms. The molecule has 0 aromatic rings. The van der Waals surface area contributed by atoms with Crippen LogP contribution in [0.25, 0.3) is 0 Å². The van der Waals surface area contributed by atoms with Crippen molar-refractivity contribution in [2.45, 2.75) is 39.5 Å². The highest BCUT2D eigenvalue weighted by Crippen LogP contribution is 2.26. The summed E-state index contributed by atoms with van der Waals surface area (Å²) in [7, 11) is 0. The van der Waals surface area contributed by atoms with E-state index in [2.05, 4.69) is 13.8 Å². The lowest BCUT2D eigenvalue weighted by atomic mass is 9.85. The van der Waals surface area contributed by atoms with Crippen molar-refractivity contribution in [3.8, 4) is 0 Å². The number of cyclic esters (lactones) is 1. The largest absolute Gasteiger partial charge is 0.465 e. The van der Waals surface area contributed by atoms with Crippen LogP contribution in [0.2, 0.25) is 0 Å². The molecule has 0 unspecified atom stereocenters. The second-order valence-electron chi connectivity index (χ2n) is 3.77. The minimum absolute atomic E-state index is 0.00537. The van der Waals surface area contributed by atoms with E-state index in [0.29, 0.717) is 24.9 Å². The zero-order valence-corrected chi connectivity index (χ0v) is 8.01. The summed E-state index contributed by atoms with van der Waals surface area (Å²) in [5.74, 6) is 1.13. The van der Waals surface area contributed by atoms with Gasteiger partial charge in [0.25, 0.3) is 0 Å². The van der Waals surface area contributed by atoms with Crippen molar-refractivity contribution in [1.29, 1.82) is 0 Å². The Bertz CT molecular complexity index is 154. The number of hydrogen-bond donors (Lipinski definition) is 0. The first-order valence-corrected chi connectivity index (χ1v) is 4.89. The van der Waals surface area contributed by atoms with E-state index < -0.39 is 0 Å². The first kappa shape index (κ1) is 9.56. The molecule has 70 valence electrons. The second-order valence-corrected chi connectivity index (χ2v) is 3.77. The molecule has 1 heterocycles. The van der Waals surface area contributed by atoms with Crippen LogP contribution in [0, 0.1) is 11.8 Å². The zero-order valence-electron chi connectivity index (χ0n) is 8.01. The average molecular weight is 170 g/mol. The number of rotatable bonds is 3. The Balaban J connectivity index is 2.33. The predicted octanol–water partition coefficient (Wildman–Crippen LogP) is 2.38. The first-order chi connectivity index (χ1) is 5.74. The highest BCUT2D eigenvalue weighted by molar-refractivity contribution is 5.70. The van der Waals surface area contributed by atoms with Crippen LogP contribution in [0.4, 0.5) is 0 Å². The molecule has 1 aliphatic heterocycles. The third kappa shape index (κ3) is 2.50. The molecule has 2 nitrogen and oxygen atoms in total. The van der Waals surface area contributed by atoms with Crippen LogP contribution >= 0.6 is 0 Å². The number of ether oxygens (including phenoxy) is 1. The van der Waals surface area contributed by atoms with Crippen molar-refractivity contribution in [1.82, 2.24) is 0 Å². The lowest BCUT2D eigenvalue weighted by molar-refractivity contribution is -0.152. The standard InChI is InChI=1S/C10H18O2/c1-3-4-5-9-6-10(11)12-7-8(9)2/h8-9H,3-7H2,1-2H3/t8-,9+/m0/s1. The maximum absolute atomic E-state index is 11.0. The van der Waals surface area contributed by atoms with Crippen molar-refractivity contribution < 1.29 is 9.53 Å². The normalized spacial score (nSPS) is 30.0. The molecule has 0 saturated carbocycles. The van der Waals surface area contributed by atoms with Crippen LogP contribution in [-0.2, 0) is 9.53 Å². The van der Waals surface area contributed by atoms with Crippen LogP contribution in [0.5, 0.6) is 0 Å². The van der Waals surface area contributed by atoms with Crippen LogP contribution in [0.1, 0.15) is 39.5 Å². The molecule has 1 aliphatic rings. The summed E-state index contributed by atoms with van der Waals surface area (Å²) in [4.78, 5) is 11.0. The van der Waals surface area contributed by atoms with Crippen LogP contribution in [0.3, 0.4) is 0 Å². The van der Waals surface area contributed by atoms with E-state index in [4.69, 9.17) is 4.74 Å². The van der Waals surface area contributed by atoms with E-state index in [1.54, 1.807) is 0 Å². The van der Waals surface area contributed by atoms with Gasteiger partial charge in [-0.1, -0.05) is 26.7 Å². The quantitative estimate of drug-likeness (QED) is 0.608. The van der Waals surface area contributed by atoms with Crippen molar-refractivity contribution in [3.63, 3.8) is 0 Å². The summed E-state index contributed by atoms with van der Waals surface area (Å²) in [6.07, 6.45) is 4.29. The van der Waals surface area contributed by atoms with Crippen LogP contribution in [0.15, 0.2) is 0 Å². The number of esters is 1. The van der Waals surface area contributed by atoms with Gasteiger partial charge in [-0.3, -0.25) is 4.79 Å². The Morgan fingerprint density at radius 3 is 3.00 bits per heavy atom. The van der Waals surface area contributed by atoms with E-state index >= 15 is 0 Å². The van der Waals surface area contributed by atoms with Crippen molar-refractivity contribution in [3.05, 3.63) is 0 Å². The summed E-state index contributed by atoms with van der Waals surface area (Å²) in [6, 6.07) is 0. The Morgan fingerprint density at radius 2 is 2.33 bits per heavy atom. The van der Waals surface area contributed by atoms with Gasteiger partial charge in [-0.15, -0.1) is 0 Å². The van der Waals surface area contributed by atoms with Gasteiger partial charge >= 0.3 is 5.97 Å². The SMILES string of the molecule is CCCC[C@@H]1CC(=O)OC[C@@H]1C. The van der Waals surface area contributed by atoms with Crippen LogP contribution < -0.4 is 0 Å². The fraction of sp³-hybridized carbons (Fsp3) is 0.900. The molecule has 2 heteroatoms. The van der Waals surface area contributed by atoms with Gasteiger partial charge < -0.3 is 4.74 Å². The summed E-state index contributed by atoms with van der Waals surface area (Å²) in [5, 5.41) is 0. The minimum atomic E-state index is -0.00537. The predicted molar refractivity (Wildman–Crippen MR) is 47.8 cm³/mol. The molecule has 0 aliphatic carbocycles. The lowest BCUT2D eigenvalue weighted by Gasteiger charge is -2.27. The third-order valence-electron chi connectivity index (χ3n) is 2.67. The molecule has 1 fully saturated rings. The average Bonchev–Trinajstić information content (AvgIpc) is 2.07. The van der Waals surface area contributed by atoms with E-state index in [9.17, 15) is 4.79 Å². The van der Waals surface area contributed by atoms with Gasteiger partial charge in [0.15, 0.2) is 0 Å². The molecule has 2 atom stereocenters. The lowest BCUT2D eigenvalue weighted by Crippen LogP contribution is -2.28. The highest BCUT2D eigenvalue weighted by atomic mass is 16.5. The zero-order chi connectivity index (χ0) is 8.97. The topological polar surface area (TPSA) is 26.3 Å². The number of carbonyl (C=O) groups is 1. The van der Waals surface area contributed by atoms with Gasteiger partial charge in [0, 0.05) is 6.42 Å². The van der Waals surface area contributed by atoms with E-state index in [0.717, 1.165) is 0 Å². The fourth-order valence-electron chi connectivity index (χ4n) is 1.69. The molecule has 0 bridgehead atoms. The number of hydrogen-bond acceptors (Lipinski definition) is 2. The second kappa shape index (κ2) is 4.48. The van der Waals surface area contributed by atoms with E-state index in [1.807, 2.05) is 0 Å². The Kier molecular flexibility index (Phi) is 3.57. The van der Waals surface area contributed by atoms with Gasteiger partial charge in [-0.2, -0.15) is 0 Å². The van der Waals surface area contributed by atoms with Gasteiger partial charge in [-0.25, -0.2) is 0 Å². The molecule has 1 saturated heterocycles. The number of unbranched alkanes of at least 4 members (excludes halogenated alkanes) is 1. The fourth-order valence-corrected chi connectivity index (χ4v) is 1.69. The maximum Gasteiger partial charge on any atom is 0.306 e. The Labute approximate surface area is 74.3 Å². The molecule has 0 amide bonds. The summed E-state index contributed by atoms with van der Waals surface area (Å²) in [6.45, 7) is 4.99. The highest BCUT2D eigenvalue weighted by Gasteiger charge is 2.26. The van der Waals surface area contributed by atoms with Crippen molar-refractivity contribution >= 4 is 5.97 Å². The third-order valence-corrected chi connectivity index (χ3v) is 2.67. The van der Waals surface area contributed by atoms with Crippen LogP contribution in [-0.4, -0.2) is 12.6 Å². The molecular weight excluding hydrogens is 152 g/mol. The molecular formula is C10H18O2. The Morgan fingerprint density at radius 1 is 1.58 bits per heavy atom. The first-order valence-electron chi connectivity index (χ1n) is 4.89.